The van der Waals surface area contributed by atoms with E-state index in [1.807, 2.05) is 0 Å². The molecule has 0 saturated carbocycles. The van der Waals surface area contributed by atoms with Gasteiger partial charge in [0.15, 0.2) is 0 Å². The van der Waals surface area contributed by atoms with Gasteiger partial charge in [0, 0.05) is 18.9 Å². The van der Waals surface area contributed by atoms with Crippen molar-refractivity contribution in [3.63, 3.8) is 0 Å². The number of thioether (sulfide) groups is 1. The van der Waals surface area contributed by atoms with Crippen molar-refractivity contribution in [3.8, 4) is 6.07 Å². The van der Waals surface area contributed by atoms with E-state index in [0.29, 0.717) is 18.7 Å². The molecule has 0 saturated heterocycles. The van der Waals surface area contributed by atoms with Gasteiger partial charge in [0.2, 0.25) is 0 Å². The number of pyridine rings is 1. The molecule has 0 aliphatic rings. The Labute approximate surface area is 119 Å². The van der Waals surface area contributed by atoms with Gasteiger partial charge in [0.05, 0.1) is 5.56 Å². The Hall–Kier alpha value is -1.46. The SMILES string of the molecule is N#Cc1ccc(C(F)(F)F)nc1NCCSCCCO. The van der Waals surface area contributed by atoms with Crippen LogP contribution in [0.4, 0.5) is 19.0 Å². The van der Waals surface area contributed by atoms with Crippen LogP contribution in [0.5, 0.6) is 0 Å². The summed E-state index contributed by atoms with van der Waals surface area (Å²) in [4.78, 5) is 3.44. The molecule has 0 aliphatic carbocycles. The molecule has 110 valence electrons. The smallest absolute Gasteiger partial charge is 0.396 e. The molecule has 0 fully saturated rings. The molecule has 0 unspecified atom stereocenters. The second-order valence-electron chi connectivity index (χ2n) is 3.82. The molecule has 8 heteroatoms. The zero-order chi connectivity index (χ0) is 15.0. The average Bonchev–Trinajstić information content (AvgIpc) is 2.41. The third-order valence-electron chi connectivity index (χ3n) is 2.29. The molecule has 2 N–H and O–H groups in total. The van der Waals surface area contributed by atoms with E-state index in [9.17, 15) is 13.2 Å². The minimum Gasteiger partial charge on any atom is -0.396 e. The highest BCUT2D eigenvalue weighted by molar-refractivity contribution is 7.99. The Morgan fingerprint density at radius 2 is 2.10 bits per heavy atom. The second kappa shape index (κ2) is 7.97. The van der Waals surface area contributed by atoms with Gasteiger partial charge in [0.25, 0.3) is 0 Å². The normalized spacial score (nSPS) is 11.2. The maximum atomic E-state index is 12.5. The Morgan fingerprint density at radius 3 is 2.70 bits per heavy atom. The first-order valence-corrected chi connectivity index (χ1v) is 7.05. The van der Waals surface area contributed by atoms with Gasteiger partial charge >= 0.3 is 6.18 Å². The molecule has 1 rings (SSSR count). The maximum absolute atomic E-state index is 12.5. The van der Waals surface area contributed by atoms with E-state index < -0.39 is 11.9 Å². The number of nitriles is 1. The van der Waals surface area contributed by atoms with Gasteiger partial charge in [-0.1, -0.05) is 0 Å². The number of hydrogen-bond donors (Lipinski definition) is 2. The molecule has 1 aromatic heterocycles. The molecule has 0 radical (unpaired) electrons. The summed E-state index contributed by atoms with van der Waals surface area (Å²) in [5, 5.41) is 20.2. The van der Waals surface area contributed by atoms with E-state index in [1.54, 1.807) is 17.8 Å². The van der Waals surface area contributed by atoms with Crippen LogP contribution in [-0.4, -0.2) is 34.7 Å². The number of aromatic nitrogens is 1. The Balaban J connectivity index is 2.61. The molecule has 20 heavy (non-hydrogen) atoms. The third kappa shape index (κ3) is 5.27. The van der Waals surface area contributed by atoms with Gasteiger partial charge in [-0.2, -0.15) is 30.2 Å². The Kier molecular flexibility index (Phi) is 6.61. The summed E-state index contributed by atoms with van der Waals surface area (Å²) >= 11 is 1.56. The fourth-order valence-electron chi connectivity index (χ4n) is 1.35. The van der Waals surface area contributed by atoms with Crippen LogP contribution >= 0.6 is 11.8 Å². The van der Waals surface area contributed by atoms with Crippen LogP contribution in [0.3, 0.4) is 0 Å². The number of anilines is 1. The van der Waals surface area contributed by atoms with E-state index in [2.05, 4.69) is 10.3 Å². The van der Waals surface area contributed by atoms with Crippen molar-refractivity contribution in [2.45, 2.75) is 12.6 Å². The van der Waals surface area contributed by atoms with Crippen molar-refractivity contribution in [3.05, 3.63) is 23.4 Å². The van der Waals surface area contributed by atoms with Gasteiger partial charge in [-0.15, -0.1) is 0 Å². The number of halogens is 3. The molecular formula is C12H14F3N3OS. The first-order valence-electron chi connectivity index (χ1n) is 5.90. The van der Waals surface area contributed by atoms with Crippen LogP contribution in [0.2, 0.25) is 0 Å². The summed E-state index contributed by atoms with van der Waals surface area (Å²) in [5.41, 5.74) is -0.940. The first kappa shape index (κ1) is 16.6. The number of nitrogens with zero attached hydrogens (tertiary/aromatic N) is 2. The van der Waals surface area contributed by atoms with Gasteiger partial charge in [-0.05, 0) is 24.3 Å². The molecular weight excluding hydrogens is 291 g/mol. The number of rotatable bonds is 7. The summed E-state index contributed by atoms with van der Waals surface area (Å²) in [6.07, 6.45) is -3.85. The van der Waals surface area contributed by atoms with Gasteiger partial charge in [0.1, 0.15) is 17.6 Å². The lowest BCUT2D eigenvalue weighted by atomic mass is 10.2. The molecule has 0 aliphatic heterocycles. The van der Waals surface area contributed by atoms with Crippen LogP contribution in [0, 0.1) is 11.3 Å². The number of aliphatic hydroxyl groups excluding tert-OH is 1. The summed E-state index contributed by atoms with van der Waals surface area (Å²) < 4.78 is 37.6. The minimum atomic E-state index is -4.53. The lowest BCUT2D eigenvalue weighted by Crippen LogP contribution is -2.13. The second-order valence-corrected chi connectivity index (χ2v) is 5.04. The van der Waals surface area contributed by atoms with Crippen molar-refractivity contribution < 1.29 is 18.3 Å². The standard InChI is InChI=1S/C12H14F3N3OS/c13-12(14,15)10-3-2-9(8-16)11(18-10)17-4-7-20-6-1-5-19/h2-3,19H,1,4-7H2,(H,17,18). The highest BCUT2D eigenvalue weighted by Crippen LogP contribution is 2.29. The summed E-state index contributed by atoms with van der Waals surface area (Å²) in [7, 11) is 0. The van der Waals surface area contributed by atoms with E-state index in [0.717, 1.165) is 17.9 Å². The molecule has 1 aromatic rings. The summed E-state index contributed by atoms with van der Waals surface area (Å²) in [5.74, 6) is 1.38. The maximum Gasteiger partial charge on any atom is 0.433 e. The highest BCUT2D eigenvalue weighted by Gasteiger charge is 2.33. The predicted octanol–water partition coefficient (Wildman–Crippen LogP) is 2.50. The molecule has 0 bridgehead atoms. The molecule has 0 atom stereocenters. The Morgan fingerprint density at radius 1 is 1.35 bits per heavy atom. The lowest BCUT2D eigenvalue weighted by molar-refractivity contribution is -0.141. The average molecular weight is 305 g/mol. The molecule has 4 nitrogen and oxygen atoms in total. The predicted molar refractivity (Wildman–Crippen MR) is 71.5 cm³/mol. The van der Waals surface area contributed by atoms with Crippen LogP contribution in [0.15, 0.2) is 12.1 Å². The lowest BCUT2D eigenvalue weighted by Gasteiger charge is -2.11. The van der Waals surface area contributed by atoms with Crippen LogP contribution in [0.25, 0.3) is 0 Å². The Bertz CT molecular complexity index is 474. The number of aliphatic hydroxyl groups is 1. The molecule has 1 heterocycles. The van der Waals surface area contributed by atoms with Gasteiger partial charge in [-0.25, -0.2) is 4.98 Å². The van der Waals surface area contributed by atoms with E-state index >= 15 is 0 Å². The molecule has 0 aromatic carbocycles. The number of nitrogens with one attached hydrogen (secondary N) is 1. The van der Waals surface area contributed by atoms with Crippen molar-refractivity contribution >= 4 is 17.6 Å². The topological polar surface area (TPSA) is 68.9 Å². The molecule has 0 amide bonds. The van der Waals surface area contributed by atoms with Gasteiger partial charge in [-0.3, -0.25) is 0 Å². The third-order valence-corrected chi connectivity index (χ3v) is 3.36. The van der Waals surface area contributed by atoms with Crippen LogP contribution < -0.4 is 5.32 Å². The highest BCUT2D eigenvalue weighted by atomic mass is 32.2. The number of hydrogen-bond acceptors (Lipinski definition) is 5. The zero-order valence-electron chi connectivity index (χ0n) is 10.6. The quantitative estimate of drug-likeness (QED) is 0.758. The fraction of sp³-hybridized carbons (Fsp3) is 0.500. The first-order chi connectivity index (χ1) is 9.49. The van der Waals surface area contributed by atoms with E-state index in [4.69, 9.17) is 10.4 Å². The van der Waals surface area contributed by atoms with Crippen LogP contribution in [-0.2, 0) is 6.18 Å². The zero-order valence-corrected chi connectivity index (χ0v) is 11.4. The molecule has 0 spiro atoms. The summed E-state index contributed by atoms with van der Waals surface area (Å²) in [6, 6.07) is 3.70. The number of alkyl halides is 3. The monoisotopic (exact) mass is 305 g/mol. The van der Waals surface area contributed by atoms with Crippen molar-refractivity contribution in [2.24, 2.45) is 0 Å². The van der Waals surface area contributed by atoms with Crippen LogP contribution in [0.1, 0.15) is 17.7 Å². The van der Waals surface area contributed by atoms with E-state index in [1.165, 1.54) is 0 Å². The van der Waals surface area contributed by atoms with E-state index in [-0.39, 0.29) is 18.0 Å². The summed E-state index contributed by atoms with van der Waals surface area (Å²) in [6.45, 7) is 0.521. The fourth-order valence-corrected chi connectivity index (χ4v) is 2.14. The minimum absolute atomic E-state index is 0.0508. The van der Waals surface area contributed by atoms with Crippen molar-refractivity contribution in [2.75, 3.05) is 30.0 Å². The van der Waals surface area contributed by atoms with Crippen molar-refractivity contribution in [1.29, 1.82) is 5.26 Å². The van der Waals surface area contributed by atoms with Crippen molar-refractivity contribution in [1.82, 2.24) is 4.98 Å². The largest absolute Gasteiger partial charge is 0.433 e. The van der Waals surface area contributed by atoms with Gasteiger partial charge < -0.3 is 10.4 Å².